The molecule has 4 rings (SSSR count). The summed E-state index contributed by atoms with van der Waals surface area (Å²) in [6.07, 6.45) is 3.56. The summed E-state index contributed by atoms with van der Waals surface area (Å²) in [5.74, 6) is 3.59. The molecule has 152 valence electrons. The number of ether oxygens (including phenoxy) is 2. The molecule has 0 aliphatic carbocycles. The van der Waals surface area contributed by atoms with Crippen LogP contribution in [0.25, 0.3) is 11.5 Å². The van der Waals surface area contributed by atoms with Crippen LogP contribution in [0, 0.1) is 6.92 Å². The zero-order valence-corrected chi connectivity index (χ0v) is 17.0. The van der Waals surface area contributed by atoms with Gasteiger partial charge in [-0.1, -0.05) is 0 Å². The van der Waals surface area contributed by atoms with Gasteiger partial charge in [-0.15, -0.1) is 0 Å². The molecule has 1 fully saturated rings. The molecule has 8 nitrogen and oxygen atoms in total. The highest BCUT2D eigenvalue weighted by Crippen LogP contribution is 2.34. The molecule has 0 bridgehead atoms. The Morgan fingerprint density at radius 3 is 2.48 bits per heavy atom. The van der Waals surface area contributed by atoms with Gasteiger partial charge in [0, 0.05) is 45.1 Å². The number of benzene rings is 1. The first-order valence-electron chi connectivity index (χ1n) is 9.61. The van der Waals surface area contributed by atoms with Crippen molar-refractivity contribution < 1.29 is 13.9 Å². The van der Waals surface area contributed by atoms with Crippen LogP contribution < -0.4 is 14.4 Å². The molecule has 2 aromatic heterocycles. The fourth-order valence-electron chi connectivity index (χ4n) is 3.44. The summed E-state index contributed by atoms with van der Waals surface area (Å²) in [5, 5.41) is 0. The van der Waals surface area contributed by atoms with Gasteiger partial charge in [-0.3, -0.25) is 4.90 Å². The van der Waals surface area contributed by atoms with Gasteiger partial charge in [-0.25, -0.2) is 15.0 Å². The molecule has 0 unspecified atom stereocenters. The smallest absolute Gasteiger partial charge is 0.230 e. The normalized spacial score (nSPS) is 14.8. The molecule has 3 heterocycles. The summed E-state index contributed by atoms with van der Waals surface area (Å²) in [7, 11) is 3.27. The topological polar surface area (TPSA) is 76.8 Å². The Morgan fingerprint density at radius 1 is 1.03 bits per heavy atom. The van der Waals surface area contributed by atoms with Crippen molar-refractivity contribution >= 4 is 5.95 Å². The van der Waals surface area contributed by atoms with Gasteiger partial charge in [-0.2, -0.15) is 0 Å². The van der Waals surface area contributed by atoms with E-state index >= 15 is 0 Å². The number of hydrogen-bond donors (Lipinski definition) is 0. The minimum Gasteiger partial charge on any atom is -0.497 e. The molecule has 3 aromatic rings. The Kier molecular flexibility index (Phi) is 5.62. The van der Waals surface area contributed by atoms with E-state index in [1.54, 1.807) is 26.6 Å². The molecule has 1 saturated heterocycles. The maximum atomic E-state index is 5.97. The van der Waals surface area contributed by atoms with Crippen LogP contribution in [0.1, 0.15) is 11.5 Å². The molecular formula is C21H25N5O3. The van der Waals surface area contributed by atoms with Gasteiger partial charge in [0.1, 0.15) is 17.3 Å². The first-order valence-corrected chi connectivity index (χ1v) is 9.61. The molecule has 1 aliphatic rings. The first kappa shape index (κ1) is 19.2. The lowest BCUT2D eigenvalue weighted by molar-refractivity contribution is 0.245. The van der Waals surface area contributed by atoms with Gasteiger partial charge >= 0.3 is 0 Å². The van der Waals surface area contributed by atoms with Crippen molar-refractivity contribution in [2.24, 2.45) is 0 Å². The van der Waals surface area contributed by atoms with Crippen LogP contribution in [0.5, 0.6) is 11.5 Å². The largest absolute Gasteiger partial charge is 0.497 e. The number of aromatic nitrogens is 3. The van der Waals surface area contributed by atoms with Crippen molar-refractivity contribution in [3.63, 3.8) is 0 Å². The van der Waals surface area contributed by atoms with E-state index in [4.69, 9.17) is 18.9 Å². The molecule has 0 saturated carbocycles. The summed E-state index contributed by atoms with van der Waals surface area (Å²) in [4.78, 5) is 18.0. The number of oxazole rings is 1. The molecular weight excluding hydrogens is 370 g/mol. The van der Waals surface area contributed by atoms with Crippen molar-refractivity contribution in [2.45, 2.75) is 13.5 Å². The average Bonchev–Trinajstić information content (AvgIpc) is 3.14. The van der Waals surface area contributed by atoms with Gasteiger partial charge in [0.15, 0.2) is 0 Å². The van der Waals surface area contributed by atoms with E-state index in [-0.39, 0.29) is 0 Å². The number of aryl methyl sites for hydroxylation is 1. The Morgan fingerprint density at radius 2 is 1.79 bits per heavy atom. The molecule has 0 radical (unpaired) electrons. The maximum Gasteiger partial charge on any atom is 0.230 e. The highest BCUT2D eigenvalue weighted by Gasteiger charge is 2.22. The fourth-order valence-corrected chi connectivity index (χ4v) is 3.44. The summed E-state index contributed by atoms with van der Waals surface area (Å²) < 4.78 is 16.8. The molecule has 29 heavy (non-hydrogen) atoms. The van der Waals surface area contributed by atoms with Crippen molar-refractivity contribution in [2.75, 3.05) is 45.3 Å². The van der Waals surface area contributed by atoms with Crippen LogP contribution >= 0.6 is 0 Å². The standard InChI is InChI=1S/C21H25N5O3/c1-15-18(14-25-9-11-26(12-10-25)21-22-7-4-8-23-21)24-20(29-15)17-13-16(27-2)5-6-19(17)28-3/h4-8,13H,9-12,14H2,1-3H3. The minimum atomic E-state index is 0.546. The molecule has 0 N–H and O–H groups in total. The Balaban J connectivity index is 1.46. The van der Waals surface area contributed by atoms with Crippen molar-refractivity contribution in [3.8, 4) is 23.0 Å². The van der Waals surface area contributed by atoms with E-state index in [0.717, 1.165) is 61.4 Å². The van der Waals surface area contributed by atoms with Crippen molar-refractivity contribution in [1.82, 2.24) is 19.9 Å². The highest BCUT2D eigenvalue weighted by atomic mass is 16.5. The lowest BCUT2D eigenvalue weighted by Crippen LogP contribution is -2.46. The Labute approximate surface area is 170 Å². The maximum absolute atomic E-state index is 5.97. The van der Waals surface area contributed by atoms with Gasteiger partial charge in [0.2, 0.25) is 11.8 Å². The summed E-state index contributed by atoms with van der Waals surface area (Å²) in [6, 6.07) is 7.43. The minimum absolute atomic E-state index is 0.546. The number of anilines is 1. The zero-order chi connectivity index (χ0) is 20.2. The summed E-state index contributed by atoms with van der Waals surface area (Å²) >= 11 is 0. The number of hydrogen-bond acceptors (Lipinski definition) is 8. The van der Waals surface area contributed by atoms with Crippen LogP contribution in [0.2, 0.25) is 0 Å². The van der Waals surface area contributed by atoms with Gasteiger partial charge in [0.25, 0.3) is 0 Å². The van der Waals surface area contributed by atoms with E-state index in [9.17, 15) is 0 Å². The third-order valence-corrected chi connectivity index (χ3v) is 5.11. The zero-order valence-electron chi connectivity index (χ0n) is 17.0. The number of nitrogens with zero attached hydrogens (tertiary/aromatic N) is 5. The molecule has 8 heteroatoms. The SMILES string of the molecule is COc1ccc(OC)c(-c2nc(CN3CCN(c4ncccn4)CC3)c(C)o2)c1. The monoisotopic (exact) mass is 395 g/mol. The second kappa shape index (κ2) is 8.48. The number of piperazine rings is 1. The van der Waals surface area contributed by atoms with Gasteiger partial charge < -0.3 is 18.8 Å². The second-order valence-electron chi connectivity index (χ2n) is 6.90. The Hall–Kier alpha value is -3.13. The van der Waals surface area contributed by atoms with Crippen LogP contribution in [-0.4, -0.2) is 60.3 Å². The second-order valence-corrected chi connectivity index (χ2v) is 6.90. The van der Waals surface area contributed by atoms with E-state index in [0.29, 0.717) is 11.6 Å². The van der Waals surface area contributed by atoms with E-state index in [2.05, 4.69) is 19.8 Å². The van der Waals surface area contributed by atoms with Crippen LogP contribution in [0.15, 0.2) is 41.1 Å². The van der Waals surface area contributed by atoms with E-state index in [1.165, 1.54) is 0 Å². The first-order chi connectivity index (χ1) is 14.2. The number of rotatable bonds is 6. The summed E-state index contributed by atoms with van der Waals surface area (Å²) in [6.45, 7) is 6.30. The fraction of sp³-hybridized carbons (Fsp3) is 0.381. The Bertz CT molecular complexity index is 952. The lowest BCUT2D eigenvalue weighted by Gasteiger charge is -2.34. The molecule has 1 aromatic carbocycles. The quantitative estimate of drug-likeness (QED) is 0.631. The van der Waals surface area contributed by atoms with E-state index < -0.39 is 0 Å². The summed E-state index contributed by atoms with van der Waals surface area (Å²) in [5.41, 5.74) is 1.72. The molecule has 0 atom stereocenters. The van der Waals surface area contributed by atoms with Gasteiger partial charge in [0.05, 0.1) is 25.5 Å². The van der Waals surface area contributed by atoms with Crippen LogP contribution in [0.3, 0.4) is 0 Å². The molecule has 1 aliphatic heterocycles. The lowest BCUT2D eigenvalue weighted by atomic mass is 10.2. The van der Waals surface area contributed by atoms with Crippen LogP contribution in [-0.2, 0) is 6.54 Å². The third-order valence-electron chi connectivity index (χ3n) is 5.11. The van der Waals surface area contributed by atoms with Crippen LogP contribution in [0.4, 0.5) is 5.95 Å². The number of methoxy groups -OCH3 is 2. The van der Waals surface area contributed by atoms with Crippen molar-refractivity contribution in [3.05, 3.63) is 48.1 Å². The van der Waals surface area contributed by atoms with Crippen molar-refractivity contribution in [1.29, 1.82) is 0 Å². The molecule has 0 spiro atoms. The predicted molar refractivity (Wildman–Crippen MR) is 109 cm³/mol. The average molecular weight is 395 g/mol. The van der Waals surface area contributed by atoms with Gasteiger partial charge in [-0.05, 0) is 31.2 Å². The third kappa shape index (κ3) is 4.17. The highest BCUT2D eigenvalue weighted by molar-refractivity contribution is 5.65. The van der Waals surface area contributed by atoms with E-state index in [1.807, 2.05) is 31.2 Å². The predicted octanol–water partition coefficient (Wildman–Crippen LogP) is 2.78. The molecule has 0 amide bonds.